The van der Waals surface area contributed by atoms with Crippen LogP contribution in [0.4, 0.5) is 0 Å². The van der Waals surface area contributed by atoms with E-state index in [0.717, 1.165) is 46.6 Å². The lowest BCUT2D eigenvalue weighted by molar-refractivity contribution is 0.463. The van der Waals surface area contributed by atoms with Crippen molar-refractivity contribution in [1.29, 1.82) is 0 Å². The Morgan fingerprint density at radius 2 is 1.91 bits per heavy atom. The van der Waals surface area contributed by atoms with Crippen LogP contribution in [0, 0.1) is 0 Å². The molecule has 0 aliphatic heterocycles. The highest BCUT2D eigenvalue weighted by atomic mass is 35.5. The highest BCUT2D eigenvalue weighted by molar-refractivity contribution is 7.18. The van der Waals surface area contributed by atoms with Gasteiger partial charge in [0.05, 0.1) is 18.3 Å². The summed E-state index contributed by atoms with van der Waals surface area (Å²) in [6, 6.07) is 23.0. The molecule has 1 unspecified atom stereocenters. The van der Waals surface area contributed by atoms with E-state index in [0.29, 0.717) is 12.6 Å². The molecule has 1 atom stereocenters. The number of nitrogens with one attached hydrogen (secondary N) is 1. The zero-order valence-corrected chi connectivity index (χ0v) is 20.2. The zero-order chi connectivity index (χ0) is 23.1. The minimum Gasteiger partial charge on any atom is -0.310 e. The summed E-state index contributed by atoms with van der Waals surface area (Å²) >= 11 is 7.79. The molecular formula is C28H24ClN3OS. The number of aryl methyl sites for hydroxylation is 1. The number of hydrogen-bond donors (Lipinski definition) is 1. The number of hydrogen-bond acceptors (Lipinski definition) is 4. The van der Waals surface area contributed by atoms with Crippen molar-refractivity contribution >= 4 is 43.9 Å². The Morgan fingerprint density at radius 1 is 1.03 bits per heavy atom. The van der Waals surface area contributed by atoms with Gasteiger partial charge < -0.3 is 5.32 Å². The number of thiophene rings is 1. The topological polar surface area (TPSA) is 46.9 Å². The van der Waals surface area contributed by atoms with Crippen molar-refractivity contribution in [3.05, 3.63) is 110 Å². The molecule has 6 rings (SSSR count). The lowest BCUT2D eigenvalue weighted by atomic mass is 9.93. The minimum absolute atomic E-state index is 0.0704. The van der Waals surface area contributed by atoms with Crippen LogP contribution in [0.25, 0.3) is 21.0 Å². The molecule has 1 aliphatic carbocycles. The molecule has 0 fully saturated rings. The van der Waals surface area contributed by atoms with Gasteiger partial charge in [-0.15, -0.1) is 11.3 Å². The predicted octanol–water partition coefficient (Wildman–Crippen LogP) is 5.96. The average molecular weight is 486 g/mol. The second kappa shape index (κ2) is 8.99. The first kappa shape index (κ1) is 21.5. The number of rotatable bonds is 5. The maximum atomic E-state index is 13.5. The Balaban J connectivity index is 1.24. The van der Waals surface area contributed by atoms with Crippen molar-refractivity contribution in [2.24, 2.45) is 0 Å². The Hall–Kier alpha value is -2.99. The van der Waals surface area contributed by atoms with Crippen molar-refractivity contribution in [1.82, 2.24) is 14.9 Å². The van der Waals surface area contributed by atoms with Crippen molar-refractivity contribution in [2.45, 2.75) is 38.4 Å². The largest absolute Gasteiger partial charge is 0.310 e. The molecule has 1 N–H and O–H groups in total. The van der Waals surface area contributed by atoms with Crippen molar-refractivity contribution < 1.29 is 0 Å². The van der Waals surface area contributed by atoms with Gasteiger partial charge in [-0.1, -0.05) is 60.1 Å². The van der Waals surface area contributed by atoms with Crippen LogP contribution < -0.4 is 10.9 Å². The van der Waals surface area contributed by atoms with Gasteiger partial charge in [-0.05, 0) is 64.9 Å². The fraction of sp³-hybridized carbons (Fsp3) is 0.214. The SMILES string of the molecule is O=c1c2c3c(sc2ncn1Cc1ccc2ccccc2c1)CC(NCc1cccc(Cl)c1)CC3. The second-order valence-corrected chi connectivity index (χ2v) is 10.5. The predicted molar refractivity (Wildman–Crippen MR) is 141 cm³/mol. The number of halogens is 1. The molecule has 0 saturated carbocycles. The molecule has 0 bridgehead atoms. The van der Waals surface area contributed by atoms with Gasteiger partial charge in [0, 0.05) is 22.5 Å². The molecule has 6 heteroatoms. The van der Waals surface area contributed by atoms with Crippen LogP contribution in [-0.4, -0.2) is 15.6 Å². The van der Waals surface area contributed by atoms with Crippen LogP contribution in [0.15, 0.2) is 77.9 Å². The van der Waals surface area contributed by atoms with Crippen LogP contribution >= 0.6 is 22.9 Å². The molecule has 3 aromatic carbocycles. The molecule has 0 radical (unpaired) electrons. The van der Waals surface area contributed by atoms with Crippen LogP contribution in [0.1, 0.15) is 28.0 Å². The van der Waals surface area contributed by atoms with E-state index < -0.39 is 0 Å². The molecular weight excluding hydrogens is 462 g/mol. The van der Waals surface area contributed by atoms with Crippen molar-refractivity contribution in [3.8, 4) is 0 Å². The van der Waals surface area contributed by atoms with Crippen molar-refractivity contribution in [2.75, 3.05) is 0 Å². The summed E-state index contributed by atoms with van der Waals surface area (Å²) in [7, 11) is 0. The zero-order valence-electron chi connectivity index (χ0n) is 18.6. The van der Waals surface area contributed by atoms with Gasteiger partial charge in [-0.2, -0.15) is 0 Å². The number of aromatic nitrogens is 2. The second-order valence-electron chi connectivity index (χ2n) is 8.99. The summed E-state index contributed by atoms with van der Waals surface area (Å²) in [5.74, 6) is 0. The van der Waals surface area contributed by atoms with Crippen molar-refractivity contribution in [3.63, 3.8) is 0 Å². The van der Waals surface area contributed by atoms with Gasteiger partial charge in [0.2, 0.25) is 0 Å². The van der Waals surface area contributed by atoms with E-state index in [2.05, 4.69) is 46.7 Å². The third-order valence-electron chi connectivity index (χ3n) is 6.69. The maximum Gasteiger partial charge on any atom is 0.262 e. The summed E-state index contributed by atoms with van der Waals surface area (Å²) in [4.78, 5) is 20.3. The molecule has 1 aliphatic rings. The molecule has 4 nitrogen and oxygen atoms in total. The van der Waals surface area contributed by atoms with Gasteiger partial charge in [0.25, 0.3) is 5.56 Å². The van der Waals surface area contributed by atoms with E-state index >= 15 is 0 Å². The normalized spacial score (nSPS) is 15.6. The standard InChI is InChI=1S/C28H24ClN3OS/c29-22-7-3-4-18(13-22)15-30-23-10-11-24-25(14-23)34-27-26(24)28(33)32(17-31-27)16-19-8-9-20-5-1-2-6-21(20)12-19/h1-9,12-13,17,23,30H,10-11,14-16H2. The lowest BCUT2D eigenvalue weighted by Gasteiger charge is -2.23. The Labute approximate surface area is 206 Å². The summed E-state index contributed by atoms with van der Waals surface area (Å²) in [6.07, 6.45) is 4.55. The van der Waals surface area contributed by atoms with Gasteiger partial charge in [-0.25, -0.2) is 4.98 Å². The first-order valence-electron chi connectivity index (χ1n) is 11.6. The lowest BCUT2D eigenvalue weighted by Crippen LogP contribution is -2.33. The molecule has 34 heavy (non-hydrogen) atoms. The van der Waals surface area contributed by atoms with Crippen LogP contribution in [0.2, 0.25) is 5.02 Å². The molecule has 0 amide bonds. The van der Waals surface area contributed by atoms with Gasteiger partial charge in [0.15, 0.2) is 0 Å². The van der Waals surface area contributed by atoms with E-state index in [9.17, 15) is 4.79 Å². The van der Waals surface area contributed by atoms with Crippen LogP contribution in [-0.2, 0) is 25.9 Å². The highest BCUT2D eigenvalue weighted by Crippen LogP contribution is 2.34. The summed E-state index contributed by atoms with van der Waals surface area (Å²) < 4.78 is 1.75. The minimum atomic E-state index is 0.0704. The molecule has 2 heterocycles. The molecule has 170 valence electrons. The smallest absolute Gasteiger partial charge is 0.262 e. The van der Waals surface area contributed by atoms with E-state index in [-0.39, 0.29) is 5.56 Å². The van der Waals surface area contributed by atoms with E-state index in [1.165, 1.54) is 26.8 Å². The number of nitrogens with zero attached hydrogens (tertiary/aromatic N) is 2. The third-order valence-corrected chi connectivity index (χ3v) is 8.08. The average Bonchev–Trinajstić information content (AvgIpc) is 3.23. The fourth-order valence-corrected chi connectivity index (χ4v) is 6.40. The molecule has 0 spiro atoms. The molecule has 5 aromatic rings. The van der Waals surface area contributed by atoms with E-state index in [1.54, 1.807) is 22.2 Å². The van der Waals surface area contributed by atoms with E-state index in [4.69, 9.17) is 11.6 Å². The Bertz CT molecular complexity index is 1570. The monoisotopic (exact) mass is 485 g/mol. The summed E-state index contributed by atoms with van der Waals surface area (Å²) in [5.41, 5.74) is 3.57. The fourth-order valence-electron chi connectivity index (χ4n) is 4.93. The number of fused-ring (bicyclic) bond motifs is 4. The molecule has 2 aromatic heterocycles. The van der Waals surface area contributed by atoms with Gasteiger partial charge in [-0.3, -0.25) is 9.36 Å². The first-order chi connectivity index (χ1) is 16.6. The van der Waals surface area contributed by atoms with Crippen LogP contribution in [0.3, 0.4) is 0 Å². The molecule has 0 saturated heterocycles. The Morgan fingerprint density at radius 3 is 2.79 bits per heavy atom. The summed E-state index contributed by atoms with van der Waals surface area (Å²) in [5, 5.41) is 7.64. The van der Waals surface area contributed by atoms with E-state index in [1.807, 2.05) is 30.3 Å². The highest BCUT2D eigenvalue weighted by Gasteiger charge is 2.25. The third kappa shape index (κ3) is 4.16. The quantitative estimate of drug-likeness (QED) is 0.334. The van der Waals surface area contributed by atoms with Gasteiger partial charge in [0.1, 0.15) is 4.83 Å². The summed E-state index contributed by atoms with van der Waals surface area (Å²) in [6.45, 7) is 1.32. The number of benzene rings is 3. The Kier molecular flexibility index (Phi) is 5.69. The van der Waals surface area contributed by atoms with Gasteiger partial charge >= 0.3 is 0 Å². The first-order valence-corrected chi connectivity index (χ1v) is 12.8. The maximum absolute atomic E-state index is 13.5. The van der Waals surface area contributed by atoms with Crippen LogP contribution in [0.5, 0.6) is 0 Å².